The molecule has 0 saturated carbocycles. The molecule has 2 rings (SSSR count). The lowest BCUT2D eigenvalue weighted by molar-refractivity contribution is -0.145. The van der Waals surface area contributed by atoms with Crippen molar-refractivity contribution in [3.8, 4) is 0 Å². The molecule has 1 saturated heterocycles. The van der Waals surface area contributed by atoms with Crippen LogP contribution in [0.15, 0.2) is 30.3 Å². The molecule has 0 aliphatic carbocycles. The molecule has 29 heteroatoms. The van der Waals surface area contributed by atoms with Crippen LogP contribution in [0.2, 0.25) is 0 Å². The second-order valence-corrected chi connectivity index (χ2v) is 28.3. The van der Waals surface area contributed by atoms with Gasteiger partial charge in [-0.05, 0) is 117 Å². The number of benzene rings is 1. The first-order valence-electron chi connectivity index (χ1n) is 33.5. The van der Waals surface area contributed by atoms with Gasteiger partial charge in [0, 0.05) is 38.6 Å². The summed E-state index contributed by atoms with van der Waals surface area (Å²) in [7, 11) is 0. The van der Waals surface area contributed by atoms with Crippen LogP contribution in [0.5, 0.6) is 0 Å². The SMILES string of the molecule is CCCCCCCCCC(=O)NC(C)(C)C(=O)N1C[C@@H](C)C[C@H]1C(=O)N[C@@H](Cc1ccccc1)C(=O)NC(C)(C)C(=O)N[C@@H](CCC(N)=O)C(=O)N[C@@H](CCC(N)=O)C(=O)NC(C)(C)C(=O)NC(C)(C)C(=O)N[C@@H](CCC(N)=O)C(=O)N[C@@H](CC(C)C)C(=O)N[C@H](CO)C(C)C. The molecule has 0 spiro atoms. The third kappa shape index (κ3) is 29.0. The summed E-state index contributed by atoms with van der Waals surface area (Å²) in [5.74, 6) is -11.8. The van der Waals surface area contributed by atoms with E-state index in [0.717, 1.165) is 38.5 Å². The molecule has 1 aliphatic rings. The van der Waals surface area contributed by atoms with Gasteiger partial charge in [0.1, 0.15) is 58.4 Å². The summed E-state index contributed by atoms with van der Waals surface area (Å²) >= 11 is 0. The predicted molar refractivity (Wildman–Crippen MR) is 359 cm³/mol. The van der Waals surface area contributed by atoms with Gasteiger partial charge in [-0.3, -0.25) is 67.1 Å². The first-order valence-corrected chi connectivity index (χ1v) is 33.5. The van der Waals surface area contributed by atoms with Gasteiger partial charge < -0.3 is 80.4 Å². The average molecular weight is 1350 g/mol. The molecule has 0 radical (unpaired) electrons. The maximum Gasteiger partial charge on any atom is 0.248 e. The molecule has 8 atom stereocenters. The van der Waals surface area contributed by atoms with Crippen molar-refractivity contribution in [2.45, 2.75) is 271 Å². The van der Waals surface area contributed by atoms with Crippen molar-refractivity contribution in [3.05, 3.63) is 35.9 Å². The Hall–Kier alpha value is -8.24. The van der Waals surface area contributed by atoms with E-state index < -0.39 is 167 Å². The molecule has 0 aromatic heterocycles. The minimum Gasteiger partial charge on any atom is -0.394 e. The molecule has 1 fully saturated rings. The van der Waals surface area contributed by atoms with Crippen molar-refractivity contribution in [2.75, 3.05) is 13.2 Å². The molecule has 1 aromatic rings. The number of likely N-dealkylation sites (tertiary alicyclic amines) is 1. The molecule has 1 heterocycles. The summed E-state index contributed by atoms with van der Waals surface area (Å²) in [5, 5.41) is 36.0. The second-order valence-electron chi connectivity index (χ2n) is 28.3. The van der Waals surface area contributed by atoms with Crippen LogP contribution in [0, 0.1) is 17.8 Å². The Morgan fingerprint density at radius 2 is 0.948 bits per heavy atom. The largest absolute Gasteiger partial charge is 0.394 e. The Morgan fingerprint density at radius 3 is 1.42 bits per heavy atom. The highest BCUT2D eigenvalue weighted by atomic mass is 16.3. The van der Waals surface area contributed by atoms with E-state index in [2.05, 4.69) is 60.1 Å². The first kappa shape index (κ1) is 83.8. The number of hydrogen-bond donors (Lipinski definition) is 14. The molecule has 17 N–H and O–H groups in total. The molecule has 29 nitrogen and oxygen atoms in total. The number of nitrogens with one attached hydrogen (secondary N) is 10. The lowest BCUT2D eigenvalue weighted by Gasteiger charge is -2.34. The predicted octanol–water partition coefficient (Wildman–Crippen LogP) is 0.586. The topological polar surface area (TPSA) is 461 Å². The Labute approximate surface area is 565 Å². The monoisotopic (exact) mass is 1350 g/mol. The standard InChI is InChI=1S/C67H112N14O15/c1-15-16-17-18-19-20-24-27-53(86)77-67(13,14)63(96)81-37-41(6)35-49(81)59(92)73-47(36-42-25-22-21-23-26-42)58(91)79-64(7,8)60(93)75-43(28-31-50(68)83)54(87)71-45(30-33-52(70)85)57(90)78-66(11,12)62(95)80-65(9,10)61(94)76-44(29-32-51(69)84)55(88)72-46(34-39(2)3)56(89)74-48(38-82)40(4)5/h21-23,25-26,39-41,43-49,82H,15-20,24,27-38H2,1-14H3,(H2,68,83)(H2,69,84)(H2,70,85)(H,71,87)(H,72,88)(H,73,92)(H,74,89)(H,75,93)(H,76,94)(H,77,86)(H,78,90)(H,79,91)(H,80,95)/t41-,43-,44-,45-,46-,47-,48+,49-/m0/s1. The number of aliphatic hydroxyl groups is 1. The van der Waals surface area contributed by atoms with Gasteiger partial charge in [-0.1, -0.05) is 110 Å². The van der Waals surface area contributed by atoms with E-state index in [-0.39, 0.29) is 75.3 Å². The third-order valence-corrected chi connectivity index (χ3v) is 16.6. The molecule has 540 valence electrons. The number of primary amides is 3. The summed E-state index contributed by atoms with van der Waals surface area (Å²) in [4.78, 5) is 192. The number of nitrogens with zero attached hydrogens (tertiary/aromatic N) is 1. The van der Waals surface area contributed by atoms with Gasteiger partial charge in [0.15, 0.2) is 0 Å². The summed E-state index contributed by atoms with van der Waals surface area (Å²) < 4.78 is 0. The fraction of sp³-hybridized carbons (Fsp3) is 0.701. The zero-order chi connectivity index (χ0) is 73.1. The quantitative estimate of drug-likeness (QED) is 0.0398. The molecule has 96 heavy (non-hydrogen) atoms. The van der Waals surface area contributed by atoms with Crippen LogP contribution in [0.4, 0.5) is 0 Å². The second kappa shape index (κ2) is 39.1. The van der Waals surface area contributed by atoms with E-state index in [0.29, 0.717) is 12.0 Å². The minimum absolute atomic E-state index is 0.0770. The highest BCUT2D eigenvalue weighted by Crippen LogP contribution is 2.27. The van der Waals surface area contributed by atoms with E-state index in [1.54, 1.807) is 58.0 Å². The summed E-state index contributed by atoms with van der Waals surface area (Å²) in [6.07, 6.45) is 5.07. The van der Waals surface area contributed by atoms with Crippen molar-refractivity contribution < 1.29 is 72.2 Å². The number of amides is 14. The number of unbranched alkanes of at least 4 members (excludes halogenated alkanes) is 6. The van der Waals surface area contributed by atoms with Gasteiger partial charge in [0.2, 0.25) is 82.7 Å². The maximum atomic E-state index is 14.5. The Morgan fingerprint density at radius 1 is 0.510 bits per heavy atom. The van der Waals surface area contributed by atoms with Gasteiger partial charge in [-0.25, -0.2) is 0 Å². The Balaban J connectivity index is 2.37. The lowest BCUT2D eigenvalue weighted by atomic mass is 9.97. The van der Waals surface area contributed by atoms with Crippen molar-refractivity contribution in [1.29, 1.82) is 0 Å². The van der Waals surface area contributed by atoms with E-state index in [4.69, 9.17) is 17.2 Å². The van der Waals surface area contributed by atoms with E-state index >= 15 is 0 Å². The zero-order valence-electron chi connectivity index (χ0n) is 58.9. The molecule has 0 unspecified atom stereocenters. The van der Waals surface area contributed by atoms with Gasteiger partial charge in [0.25, 0.3) is 0 Å². The highest BCUT2D eigenvalue weighted by Gasteiger charge is 2.46. The fourth-order valence-corrected chi connectivity index (χ4v) is 10.6. The number of nitrogens with two attached hydrogens (primary N) is 3. The van der Waals surface area contributed by atoms with Crippen LogP contribution >= 0.6 is 0 Å². The van der Waals surface area contributed by atoms with Crippen LogP contribution in [-0.2, 0) is 73.5 Å². The lowest BCUT2D eigenvalue weighted by Crippen LogP contribution is -2.66. The van der Waals surface area contributed by atoms with Crippen LogP contribution in [-0.4, -0.2) is 170 Å². The van der Waals surface area contributed by atoms with Crippen LogP contribution in [0.1, 0.15) is 205 Å². The van der Waals surface area contributed by atoms with Crippen LogP contribution in [0.3, 0.4) is 0 Å². The van der Waals surface area contributed by atoms with Gasteiger partial charge in [0.05, 0.1) is 12.6 Å². The number of carbonyl (C=O) groups is 14. The minimum atomic E-state index is -1.93. The van der Waals surface area contributed by atoms with Crippen molar-refractivity contribution in [1.82, 2.24) is 58.1 Å². The smallest absolute Gasteiger partial charge is 0.248 e. The molecule has 1 aliphatic heterocycles. The normalized spacial score (nSPS) is 16.1. The summed E-state index contributed by atoms with van der Waals surface area (Å²) in [6, 6.07) is -0.265. The number of aliphatic hydroxyl groups excluding tert-OH is 1. The van der Waals surface area contributed by atoms with Crippen molar-refractivity contribution in [2.24, 2.45) is 35.0 Å². The Kier molecular flexibility index (Phi) is 34.1. The molecule has 0 bridgehead atoms. The maximum absolute atomic E-state index is 14.5. The highest BCUT2D eigenvalue weighted by molar-refractivity contribution is 6.01. The number of rotatable bonds is 43. The van der Waals surface area contributed by atoms with E-state index in [9.17, 15) is 72.2 Å². The summed E-state index contributed by atoms with van der Waals surface area (Å²) in [5.41, 5.74) is 9.91. The van der Waals surface area contributed by atoms with Crippen LogP contribution < -0.4 is 70.4 Å². The molecular formula is C67H112N14O15. The number of carbonyl (C=O) groups excluding carboxylic acids is 14. The zero-order valence-corrected chi connectivity index (χ0v) is 58.9. The van der Waals surface area contributed by atoms with Crippen molar-refractivity contribution >= 4 is 82.7 Å². The van der Waals surface area contributed by atoms with Gasteiger partial charge in [-0.15, -0.1) is 0 Å². The van der Waals surface area contributed by atoms with Gasteiger partial charge in [-0.2, -0.15) is 0 Å². The van der Waals surface area contributed by atoms with E-state index in [1.165, 1.54) is 46.4 Å². The molecular weight excluding hydrogens is 1240 g/mol. The third-order valence-electron chi connectivity index (χ3n) is 16.6. The summed E-state index contributed by atoms with van der Waals surface area (Å²) in [6.45, 7) is 21.9. The first-order chi connectivity index (χ1) is 44.6. The number of hydrogen-bond acceptors (Lipinski definition) is 15. The Bertz CT molecular complexity index is 2860. The van der Waals surface area contributed by atoms with Gasteiger partial charge >= 0.3 is 0 Å². The van der Waals surface area contributed by atoms with E-state index in [1.807, 2.05) is 20.8 Å². The molecule has 1 aromatic carbocycles. The fourth-order valence-electron chi connectivity index (χ4n) is 10.6. The molecule has 14 amide bonds. The van der Waals surface area contributed by atoms with Crippen molar-refractivity contribution in [3.63, 3.8) is 0 Å². The average Bonchev–Trinajstić information content (AvgIpc) is 1.56. The van der Waals surface area contributed by atoms with Crippen LogP contribution in [0.25, 0.3) is 0 Å².